The Hall–Kier alpha value is -1.14. The first kappa shape index (κ1) is 8.46. The fourth-order valence-corrected chi connectivity index (χ4v) is 2.00. The molecule has 72 valence electrons. The number of amides is 1. The number of rotatable bonds is 1. The number of carboxylic acid groups (broad SMARTS) is 1. The van der Waals surface area contributed by atoms with E-state index in [1.807, 2.05) is 0 Å². The maximum Gasteiger partial charge on any atom is 0.324 e. The topological polar surface area (TPSA) is 102 Å². The molecular weight excluding hydrogens is 176 g/mol. The molecule has 6 nitrogen and oxygen atoms in total. The average molecular weight is 186 g/mol. The van der Waals surface area contributed by atoms with Gasteiger partial charge >= 0.3 is 5.97 Å². The smallest absolute Gasteiger partial charge is 0.324 e. The number of carboxylic acids is 1. The number of carbonyl (C=O) groups is 2. The maximum atomic E-state index is 11.2. The fourth-order valence-electron chi connectivity index (χ4n) is 2.00. The van der Waals surface area contributed by atoms with Gasteiger partial charge in [-0.25, -0.2) is 5.48 Å². The van der Waals surface area contributed by atoms with Crippen molar-refractivity contribution in [2.45, 2.75) is 24.5 Å². The largest absolute Gasteiger partial charge is 0.480 e. The van der Waals surface area contributed by atoms with Crippen LogP contribution in [0.25, 0.3) is 0 Å². The van der Waals surface area contributed by atoms with Crippen LogP contribution in [0.3, 0.4) is 0 Å². The standard InChI is InChI=1S/C7H10N2O4/c8-7(6(11)12)2-1-3-4(7)5(10)9-13-3/h3-4H,1-2,8H2,(H,9,10)(H,11,12)/t3-,4+,7-/m1/s1. The van der Waals surface area contributed by atoms with Gasteiger partial charge in [-0.3, -0.25) is 14.4 Å². The summed E-state index contributed by atoms with van der Waals surface area (Å²) in [7, 11) is 0. The highest BCUT2D eigenvalue weighted by Gasteiger charge is 2.58. The summed E-state index contributed by atoms with van der Waals surface area (Å²) in [6.07, 6.45) is 0.408. The molecule has 0 bridgehead atoms. The lowest BCUT2D eigenvalue weighted by Gasteiger charge is -2.22. The molecule has 1 aliphatic carbocycles. The Balaban J connectivity index is 2.33. The summed E-state index contributed by atoms with van der Waals surface area (Å²) < 4.78 is 0. The van der Waals surface area contributed by atoms with Gasteiger partial charge in [-0.1, -0.05) is 0 Å². The van der Waals surface area contributed by atoms with Crippen molar-refractivity contribution in [3.05, 3.63) is 0 Å². The van der Waals surface area contributed by atoms with E-state index in [0.717, 1.165) is 0 Å². The molecule has 1 saturated heterocycles. The fraction of sp³-hybridized carbons (Fsp3) is 0.714. The zero-order valence-electron chi connectivity index (χ0n) is 6.82. The molecule has 1 amide bonds. The predicted molar refractivity (Wildman–Crippen MR) is 40.3 cm³/mol. The summed E-state index contributed by atoms with van der Waals surface area (Å²) in [4.78, 5) is 26.9. The van der Waals surface area contributed by atoms with Gasteiger partial charge in [0.25, 0.3) is 5.91 Å². The molecule has 0 spiro atoms. The average Bonchev–Trinajstić information content (AvgIpc) is 2.57. The Labute approximate surface area is 74.0 Å². The molecule has 6 heteroatoms. The van der Waals surface area contributed by atoms with Crippen molar-refractivity contribution in [3.63, 3.8) is 0 Å². The van der Waals surface area contributed by atoms with E-state index in [1.165, 1.54) is 0 Å². The van der Waals surface area contributed by atoms with Crippen molar-refractivity contribution in [3.8, 4) is 0 Å². The molecule has 0 aromatic carbocycles. The molecule has 1 heterocycles. The number of aliphatic carboxylic acids is 1. The van der Waals surface area contributed by atoms with Crippen molar-refractivity contribution in [1.29, 1.82) is 0 Å². The minimum atomic E-state index is -1.45. The molecule has 3 atom stereocenters. The predicted octanol–water partition coefficient (Wildman–Crippen LogP) is -1.39. The molecule has 2 rings (SSSR count). The molecule has 2 aliphatic rings. The zero-order chi connectivity index (χ0) is 9.64. The molecule has 1 aliphatic heterocycles. The number of fused-ring (bicyclic) bond motifs is 1. The van der Waals surface area contributed by atoms with Crippen LogP contribution in [-0.2, 0) is 14.4 Å². The van der Waals surface area contributed by atoms with Crippen LogP contribution in [-0.4, -0.2) is 28.6 Å². The SMILES string of the molecule is N[C@]1(C(=O)O)CC[C@H]2ONC(=O)[C@H]21. The van der Waals surface area contributed by atoms with Crippen molar-refractivity contribution in [2.75, 3.05) is 0 Å². The van der Waals surface area contributed by atoms with Crippen molar-refractivity contribution in [2.24, 2.45) is 11.7 Å². The first-order valence-corrected chi connectivity index (χ1v) is 4.03. The van der Waals surface area contributed by atoms with Crippen LogP contribution in [0.2, 0.25) is 0 Å². The van der Waals surface area contributed by atoms with E-state index in [-0.39, 0.29) is 12.5 Å². The van der Waals surface area contributed by atoms with E-state index in [4.69, 9.17) is 15.7 Å². The molecule has 0 aromatic heterocycles. The Morgan fingerprint density at radius 2 is 2.46 bits per heavy atom. The van der Waals surface area contributed by atoms with Crippen LogP contribution in [0.15, 0.2) is 0 Å². The minimum Gasteiger partial charge on any atom is -0.480 e. The quantitative estimate of drug-likeness (QED) is 0.468. The number of carbonyl (C=O) groups excluding carboxylic acids is 1. The van der Waals surface area contributed by atoms with E-state index in [1.54, 1.807) is 0 Å². The molecule has 0 aromatic rings. The van der Waals surface area contributed by atoms with E-state index < -0.39 is 23.3 Å². The second-order valence-electron chi connectivity index (χ2n) is 3.48. The third-order valence-corrected chi connectivity index (χ3v) is 2.76. The van der Waals surface area contributed by atoms with Gasteiger partial charge in [0.15, 0.2) is 0 Å². The third-order valence-electron chi connectivity index (χ3n) is 2.76. The maximum absolute atomic E-state index is 11.2. The van der Waals surface area contributed by atoms with Gasteiger partial charge in [-0.05, 0) is 12.8 Å². The van der Waals surface area contributed by atoms with Gasteiger partial charge in [-0.2, -0.15) is 0 Å². The van der Waals surface area contributed by atoms with Crippen LogP contribution in [0.5, 0.6) is 0 Å². The van der Waals surface area contributed by atoms with Gasteiger partial charge in [-0.15, -0.1) is 0 Å². The summed E-state index contributed by atoms with van der Waals surface area (Å²) in [5.74, 6) is -2.31. The van der Waals surface area contributed by atoms with Gasteiger partial charge in [0.1, 0.15) is 5.54 Å². The third kappa shape index (κ3) is 0.956. The number of hydrogen-bond donors (Lipinski definition) is 3. The molecule has 0 radical (unpaired) electrons. The van der Waals surface area contributed by atoms with Crippen LogP contribution in [0.4, 0.5) is 0 Å². The highest BCUT2D eigenvalue weighted by atomic mass is 16.7. The number of hydroxylamine groups is 1. The van der Waals surface area contributed by atoms with Gasteiger partial charge in [0.05, 0.1) is 12.0 Å². The molecule has 4 N–H and O–H groups in total. The first-order valence-electron chi connectivity index (χ1n) is 4.03. The molecule has 13 heavy (non-hydrogen) atoms. The molecule has 2 fully saturated rings. The lowest BCUT2D eigenvalue weighted by Crippen LogP contribution is -2.54. The lowest BCUT2D eigenvalue weighted by atomic mass is 9.87. The molecule has 0 unspecified atom stereocenters. The molecule has 1 saturated carbocycles. The van der Waals surface area contributed by atoms with Crippen molar-refractivity contribution < 1.29 is 19.5 Å². The van der Waals surface area contributed by atoms with Crippen molar-refractivity contribution in [1.82, 2.24) is 5.48 Å². The normalized spacial score (nSPS) is 43.0. The second-order valence-corrected chi connectivity index (χ2v) is 3.48. The lowest BCUT2D eigenvalue weighted by molar-refractivity contribution is -0.147. The van der Waals surface area contributed by atoms with E-state index in [2.05, 4.69) is 5.48 Å². The van der Waals surface area contributed by atoms with E-state index in [0.29, 0.717) is 6.42 Å². The molecular formula is C7H10N2O4. The number of hydrogen-bond acceptors (Lipinski definition) is 4. The van der Waals surface area contributed by atoms with Crippen LogP contribution in [0.1, 0.15) is 12.8 Å². The zero-order valence-corrected chi connectivity index (χ0v) is 6.82. The van der Waals surface area contributed by atoms with Crippen molar-refractivity contribution >= 4 is 11.9 Å². The van der Waals surface area contributed by atoms with Gasteiger partial charge in [0.2, 0.25) is 0 Å². The summed E-state index contributed by atoms with van der Waals surface area (Å²) >= 11 is 0. The Kier molecular flexibility index (Phi) is 1.58. The Morgan fingerprint density at radius 3 is 3.08 bits per heavy atom. The van der Waals surface area contributed by atoms with Gasteiger partial charge < -0.3 is 10.8 Å². The van der Waals surface area contributed by atoms with E-state index >= 15 is 0 Å². The number of nitrogens with one attached hydrogen (secondary N) is 1. The van der Waals surface area contributed by atoms with E-state index in [9.17, 15) is 9.59 Å². The number of nitrogens with two attached hydrogens (primary N) is 1. The monoisotopic (exact) mass is 186 g/mol. The Morgan fingerprint density at radius 1 is 1.77 bits per heavy atom. The highest BCUT2D eigenvalue weighted by Crippen LogP contribution is 2.38. The summed E-state index contributed by atoms with van der Waals surface area (Å²) in [6.45, 7) is 0. The minimum absolute atomic E-state index is 0.283. The van der Waals surface area contributed by atoms with Crippen LogP contribution in [0, 0.1) is 5.92 Å². The second kappa shape index (κ2) is 2.43. The summed E-state index contributed by atoms with van der Waals surface area (Å²) in [6, 6.07) is 0. The van der Waals surface area contributed by atoms with Crippen LogP contribution < -0.4 is 11.2 Å². The van der Waals surface area contributed by atoms with Crippen LogP contribution >= 0.6 is 0 Å². The first-order chi connectivity index (χ1) is 6.05. The summed E-state index contributed by atoms with van der Waals surface area (Å²) in [5.41, 5.74) is 6.33. The van der Waals surface area contributed by atoms with Gasteiger partial charge in [0, 0.05) is 0 Å². The Bertz CT molecular complexity index is 280. The highest BCUT2D eigenvalue weighted by molar-refractivity contribution is 5.91. The summed E-state index contributed by atoms with van der Waals surface area (Å²) in [5, 5.41) is 8.88.